The zero-order valence-electron chi connectivity index (χ0n) is 4.19. The van der Waals surface area contributed by atoms with Crippen LogP contribution in [0.15, 0.2) is 0 Å². The molecule has 0 aliphatic carbocycles. The molecule has 1 heterocycles. The largest absolute Gasteiger partial charge is 0.380 e. The second kappa shape index (κ2) is 2.68. The number of halogens is 1. The van der Waals surface area contributed by atoms with Crippen LogP contribution in [-0.2, 0) is 4.74 Å². The van der Waals surface area contributed by atoms with Gasteiger partial charge in [0.1, 0.15) is 0 Å². The number of alkyl halides is 1. The van der Waals surface area contributed by atoms with Crippen LogP contribution in [-0.4, -0.2) is 18.0 Å². The third kappa shape index (κ3) is 1.78. The molecule has 7 heavy (non-hydrogen) atoms. The Morgan fingerprint density at radius 2 is 2.43 bits per heavy atom. The number of hydrogen-bond donors (Lipinski definition) is 0. The molecule has 0 N–H and O–H groups in total. The molecule has 42 valence electrons. The summed E-state index contributed by atoms with van der Waals surface area (Å²) in [6, 6.07) is 0. The Kier molecular flexibility index (Phi) is 2.13. The summed E-state index contributed by atoms with van der Waals surface area (Å²) in [7, 11) is 0. The molecule has 1 rings (SSSR count). The Morgan fingerprint density at radius 3 is 2.71 bits per heavy atom. The van der Waals surface area contributed by atoms with Crippen LogP contribution in [0.3, 0.4) is 0 Å². The van der Waals surface area contributed by atoms with Gasteiger partial charge in [-0.1, -0.05) is 15.9 Å². The van der Waals surface area contributed by atoms with Crippen molar-refractivity contribution in [2.24, 2.45) is 0 Å². The maximum atomic E-state index is 5.13. The summed E-state index contributed by atoms with van der Waals surface area (Å²) < 4.78 is 5.13. The molecule has 1 unspecified atom stereocenters. The van der Waals surface area contributed by atoms with Crippen molar-refractivity contribution in [1.82, 2.24) is 0 Å². The second-order valence-corrected chi connectivity index (χ2v) is 3.11. The normalized spacial score (nSPS) is 33.0. The van der Waals surface area contributed by atoms with E-state index in [9.17, 15) is 0 Å². The van der Waals surface area contributed by atoms with Crippen LogP contribution >= 0.6 is 15.9 Å². The smallest absolute Gasteiger partial charge is 0.0591 e. The highest BCUT2D eigenvalue weighted by molar-refractivity contribution is 9.09. The van der Waals surface area contributed by atoms with Crippen molar-refractivity contribution >= 4 is 15.9 Å². The van der Waals surface area contributed by atoms with E-state index < -0.39 is 0 Å². The third-order valence-corrected chi connectivity index (χ3v) is 1.83. The van der Waals surface area contributed by atoms with Crippen molar-refractivity contribution in [2.75, 3.05) is 13.2 Å². The van der Waals surface area contributed by atoms with E-state index in [2.05, 4.69) is 15.9 Å². The van der Waals surface area contributed by atoms with Crippen molar-refractivity contribution in [3.05, 3.63) is 0 Å². The topological polar surface area (TPSA) is 9.23 Å². The minimum Gasteiger partial charge on any atom is -0.380 e. The maximum Gasteiger partial charge on any atom is 0.0591 e. The molecule has 1 aliphatic heterocycles. The highest BCUT2D eigenvalue weighted by Crippen LogP contribution is 2.12. The monoisotopic (exact) mass is 164 g/mol. The number of rotatable bonds is 0. The first-order valence-electron chi connectivity index (χ1n) is 2.61. The average Bonchev–Trinajstić information content (AvgIpc) is 1.69. The summed E-state index contributed by atoms with van der Waals surface area (Å²) in [5, 5.41) is 0. The predicted molar refractivity (Wildman–Crippen MR) is 32.8 cm³/mol. The highest BCUT2D eigenvalue weighted by atomic mass is 79.9. The van der Waals surface area contributed by atoms with Crippen LogP contribution in [0, 0.1) is 0 Å². The molecule has 2 heteroatoms. The van der Waals surface area contributed by atoms with Gasteiger partial charge in [0.2, 0.25) is 0 Å². The first kappa shape index (κ1) is 5.57. The Labute approximate surface area is 52.2 Å². The Hall–Kier alpha value is 0.440. The molecule has 0 aromatic heterocycles. The molecule has 0 aromatic rings. The van der Waals surface area contributed by atoms with Crippen molar-refractivity contribution in [1.29, 1.82) is 0 Å². The fourth-order valence-electron chi connectivity index (χ4n) is 0.701. The molecular weight excluding hydrogens is 156 g/mol. The molecule has 1 nitrogen and oxygen atoms in total. The fraction of sp³-hybridized carbons (Fsp3) is 1.00. The molecule has 0 aromatic carbocycles. The van der Waals surface area contributed by atoms with Crippen molar-refractivity contribution in [3.8, 4) is 0 Å². The van der Waals surface area contributed by atoms with Crippen LogP contribution in [0.2, 0.25) is 0 Å². The Bertz CT molecular complexity index is 50.0. The molecule has 0 amide bonds. The van der Waals surface area contributed by atoms with E-state index in [0.29, 0.717) is 4.83 Å². The summed E-state index contributed by atoms with van der Waals surface area (Å²) in [6.45, 7) is 1.86. The summed E-state index contributed by atoms with van der Waals surface area (Å²) in [5.74, 6) is 0. The van der Waals surface area contributed by atoms with Crippen LogP contribution in [0.5, 0.6) is 0 Å². The van der Waals surface area contributed by atoms with Gasteiger partial charge in [-0.25, -0.2) is 0 Å². The summed E-state index contributed by atoms with van der Waals surface area (Å²) in [6.07, 6.45) is 2.50. The van der Waals surface area contributed by atoms with Crippen LogP contribution in [0.25, 0.3) is 0 Å². The van der Waals surface area contributed by atoms with E-state index in [0.717, 1.165) is 13.2 Å². The van der Waals surface area contributed by atoms with Crippen molar-refractivity contribution < 1.29 is 4.74 Å². The number of ether oxygens (including phenoxy) is 1. The lowest BCUT2D eigenvalue weighted by Gasteiger charge is -2.15. The molecule has 1 aliphatic rings. The van der Waals surface area contributed by atoms with Gasteiger partial charge in [-0.15, -0.1) is 0 Å². The van der Waals surface area contributed by atoms with E-state index in [1.54, 1.807) is 0 Å². The van der Waals surface area contributed by atoms with Gasteiger partial charge in [-0.2, -0.15) is 0 Å². The first-order chi connectivity index (χ1) is 3.39. The summed E-state index contributed by atoms with van der Waals surface area (Å²) in [4.78, 5) is 0.626. The average molecular weight is 165 g/mol. The van der Waals surface area contributed by atoms with Gasteiger partial charge in [0.15, 0.2) is 0 Å². The summed E-state index contributed by atoms with van der Waals surface area (Å²) >= 11 is 3.46. The molecule has 1 fully saturated rings. The molecule has 0 spiro atoms. The second-order valence-electron chi connectivity index (χ2n) is 1.81. The van der Waals surface area contributed by atoms with Gasteiger partial charge in [-0.3, -0.25) is 0 Å². The van der Waals surface area contributed by atoms with Crippen LogP contribution in [0.1, 0.15) is 12.8 Å². The molecule has 0 saturated carbocycles. The summed E-state index contributed by atoms with van der Waals surface area (Å²) in [5.41, 5.74) is 0. The van der Waals surface area contributed by atoms with Gasteiger partial charge < -0.3 is 4.74 Å². The van der Waals surface area contributed by atoms with Crippen LogP contribution < -0.4 is 0 Å². The Balaban J connectivity index is 2.12. The molecule has 0 bridgehead atoms. The lowest BCUT2D eigenvalue weighted by Crippen LogP contribution is -2.15. The maximum absolute atomic E-state index is 5.13. The minimum atomic E-state index is 0.626. The first-order valence-corrected chi connectivity index (χ1v) is 3.53. The fourth-order valence-corrected chi connectivity index (χ4v) is 1.21. The molecule has 1 atom stereocenters. The molecule has 1 saturated heterocycles. The van der Waals surface area contributed by atoms with E-state index in [-0.39, 0.29) is 0 Å². The van der Waals surface area contributed by atoms with Gasteiger partial charge >= 0.3 is 0 Å². The zero-order chi connectivity index (χ0) is 5.11. The SMILES string of the molecule is BrC1CCCOC1. The van der Waals surface area contributed by atoms with E-state index in [1.807, 2.05) is 0 Å². The standard InChI is InChI=1S/C5H9BrO/c6-5-2-1-3-7-4-5/h5H,1-4H2. The predicted octanol–water partition coefficient (Wildman–Crippen LogP) is 1.56. The van der Waals surface area contributed by atoms with Crippen LogP contribution in [0.4, 0.5) is 0 Å². The van der Waals surface area contributed by atoms with Gasteiger partial charge in [0.05, 0.1) is 6.61 Å². The lowest BCUT2D eigenvalue weighted by atomic mass is 10.2. The highest BCUT2D eigenvalue weighted by Gasteiger charge is 2.07. The van der Waals surface area contributed by atoms with Gasteiger partial charge in [-0.05, 0) is 12.8 Å². The zero-order valence-corrected chi connectivity index (χ0v) is 5.78. The van der Waals surface area contributed by atoms with E-state index in [4.69, 9.17) is 4.74 Å². The van der Waals surface area contributed by atoms with Crippen molar-refractivity contribution in [2.45, 2.75) is 17.7 Å². The molecule has 0 radical (unpaired) electrons. The van der Waals surface area contributed by atoms with Crippen molar-refractivity contribution in [3.63, 3.8) is 0 Å². The van der Waals surface area contributed by atoms with E-state index in [1.165, 1.54) is 12.8 Å². The lowest BCUT2D eigenvalue weighted by molar-refractivity contribution is 0.103. The molecular formula is C5H9BrO. The Morgan fingerprint density at radius 1 is 1.57 bits per heavy atom. The van der Waals surface area contributed by atoms with Gasteiger partial charge in [0, 0.05) is 11.4 Å². The quantitative estimate of drug-likeness (QED) is 0.495. The van der Waals surface area contributed by atoms with Gasteiger partial charge in [0.25, 0.3) is 0 Å². The third-order valence-electron chi connectivity index (χ3n) is 1.10. The van der Waals surface area contributed by atoms with E-state index >= 15 is 0 Å². The number of hydrogen-bond acceptors (Lipinski definition) is 1. The minimum absolute atomic E-state index is 0.626.